The molecule has 0 spiro atoms. The van der Waals surface area contributed by atoms with Crippen molar-refractivity contribution in [3.05, 3.63) is 40.4 Å². The molecule has 0 bridgehead atoms. The van der Waals surface area contributed by atoms with E-state index in [9.17, 15) is 9.59 Å². The Balaban J connectivity index is 2.07. The number of amides is 1. The molecule has 0 saturated heterocycles. The molecule has 6 heteroatoms. The predicted octanol–water partition coefficient (Wildman–Crippen LogP) is 1.62. The van der Waals surface area contributed by atoms with Gasteiger partial charge in [0.1, 0.15) is 0 Å². The Morgan fingerprint density at radius 2 is 2.12 bits per heavy atom. The van der Waals surface area contributed by atoms with Gasteiger partial charge in [-0.1, -0.05) is 26.0 Å². The van der Waals surface area contributed by atoms with Crippen molar-refractivity contribution < 1.29 is 9.90 Å². The number of hydrogen-bond donors (Lipinski definition) is 2. The van der Waals surface area contributed by atoms with Crippen LogP contribution in [0.4, 0.5) is 0 Å². The number of carbonyl (C=O) groups excluding carboxylic acids is 1. The Kier molecular flexibility index (Phi) is 6.09. The molecule has 6 nitrogen and oxygen atoms in total. The van der Waals surface area contributed by atoms with E-state index in [1.165, 1.54) is 10.9 Å². The first-order valence-corrected chi connectivity index (χ1v) is 8.29. The highest BCUT2D eigenvalue weighted by molar-refractivity contribution is 5.80. The molecule has 1 atom stereocenters. The van der Waals surface area contributed by atoms with Crippen LogP contribution in [0.2, 0.25) is 0 Å². The van der Waals surface area contributed by atoms with Gasteiger partial charge in [0.05, 0.1) is 17.2 Å². The van der Waals surface area contributed by atoms with E-state index < -0.39 is 0 Å². The monoisotopic (exact) mass is 331 g/mol. The molecule has 2 aromatic rings. The van der Waals surface area contributed by atoms with Gasteiger partial charge in [-0.2, -0.15) is 0 Å². The van der Waals surface area contributed by atoms with Gasteiger partial charge in [-0.25, -0.2) is 4.98 Å². The van der Waals surface area contributed by atoms with Gasteiger partial charge in [0.15, 0.2) is 0 Å². The lowest BCUT2D eigenvalue weighted by Crippen LogP contribution is -2.39. The zero-order valence-corrected chi connectivity index (χ0v) is 14.5. The summed E-state index contributed by atoms with van der Waals surface area (Å²) in [5.74, 6) is 0.118. The Bertz CT molecular complexity index is 768. The van der Waals surface area contributed by atoms with Crippen molar-refractivity contribution in [3.8, 4) is 0 Å². The van der Waals surface area contributed by atoms with Gasteiger partial charge >= 0.3 is 0 Å². The van der Waals surface area contributed by atoms with E-state index in [4.69, 9.17) is 5.11 Å². The molecule has 0 aliphatic carbocycles. The van der Waals surface area contributed by atoms with Crippen molar-refractivity contribution in [2.45, 2.75) is 46.2 Å². The first-order valence-electron chi connectivity index (χ1n) is 8.29. The minimum Gasteiger partial charge on any atom is -0.396 e. The van der Waals surface area contributed by atoms with Gasteiger partial charge in [-0.3, -0.25) is 14.2 Å². The molecule has 24 heavy (non-hydrogen) atoms. The fourth-order valence-corrected chi connectivity index (χ4v) is 2.71. The zero-order chi connectivity index (χ0) is 17.7. The molecule has 0 fully saturated rings. The summed E-state index contributed by atoms with van der Waals surface area (Å²) in [5, 5.41) is 12.5. The van der Waals surface area contributed by atoms with Gasteiger partial charge in [-0.15, -0.1) is 0 Å². The molecule has 1 aromatic heterocycles. The summed E-state index contributed by atoms with van der Waals surface area (Å²) in [7, 11) is 0. The van der Waals surface area contributed by atoms with Crippen LogP contribution in [-0.2, 0) is 11.3 Å². The van der Waals surface area contributed by atoms with Crippen LogP contribution in [0.5, 0.6) is 0 Å². The second-order valence-corrected chi connectivity index (χ2v) is 6.39. The van der Waals surface area contributed by atoms with Gasteiger partial charge in [0, 0.05) is 25.6 Å². The Labute approximate surface area is 141 Å². The molecule has 1 aromatic carbocycles. The van der Waals surface area contributed by atoms with E-state index in [1.54, 1.807) is 6.07 Å². The van der Waals surface area contributed by atoms with Crippen LogP contribution in [0, 0.1) is 12.8 Å². The van der Waals surface area contributed by atoms with Gasteiger partial charge in [-0.05, 0) is 30.9 Å². The second-order valence-electron chi connectivity index (χ2n) is 6.39. The van der Waals surface area contributed by atoms with Crippen LogP contribution in [0.3, 0.4) is 0 Å². The van der Waals surface area contributed by atoms with Crippen LogP contribution >= 0.6 is 0 Å². The summed E-state index contributed by atoms with van der Waals surface area (Å²) in [6.07, 6.45) is 2.23. The number of aliphatic hydroxyl groups is 1. The van der Waals surface area contributed by atoms with E-state index in [0.717, 1.165) is 5.56 Å². The number of hydrogen-bond acceptors (Lipinski definition) is 4. The Hall–Kier alpha value is -2.21. The van der Waals surface area contributed by atoms with Crippen LogP contribution in [-0.4, -0.2) is 33.2 Å². The van der Waals surface area contributed by atoms with Gasteiger partial charge < -0.3 is 10.4 Å². The quantitative estimate of drug-likeness (QED) is 0.807. The highest BCUT2D eigenvalue weighted by Gasteiger charge is 2.15. The fourth-order valence-electron chi connectivity index (χ4n) is 2.71. The van der Waals surface area contributed by atoms with Crippen molar-refractivity contribution >= 4 is 16.8 Å². The largest absolute Gasteiger partial charge is 0.396 e. The van der Waals surface area contributed by atoms with Crippen LogP contribution in [0.15, 0.2) is 29.3 Å². The third kappa shape index (κ3) is 4.20. The maximum Gasteiger partial charge on any atom is 0.261 e. The van der Waals surface area contributed by atoms with Crippen LogP contribution < -0.4 is 10.9 Å². The molecule has 2 rings (SSSR count). The number of carbonyl (C=O) groups is 1. The van der Waals surface area contributed by atoms with E-state index in [-0.39, 0.29) is 43.0 Å². The van der Waals surface area contributed by atoms with Crippen LogP contribution in [0.1, 0.15) is 32.3 Å². The smallest absolute Gasteiger partial charge is 0.261 e. The number of aryl methyl sites for hydroxylation is 2. The first kappa shape index (κ1) is 18.1. The molecule has 1 unspecified atom stereocenters. The lowest BCUT2D eigenvalue weighted by molar-refractivity contribution is -0.122. The number of benzene rings is 1. The minimum atomic E-state index is -0.132. The molecule has 2 N–H and O–H groups in total. The van der Waals surface area contributed by atoms with E-state index in [1.807, 2.05) is 32.9 Å². The van der Waals surface area contributed by atoms with E-state index >= 15 is 0 Å². The second kappa shape index (κ2) is 8.06. The maximum atomic E-state index is 12.5. The molecular formula is C18H25N3O3. The van der Waals surface area contributed by atoms with E-state index in [0.29, 0.717) is 17.3 Å². The third-order valence-electron chi connectivity index (χ3n) is 4.23. The minimum absolute atomic E-state index is 0.0382. The number of nitrogens with zero attached hydrogens (tertiary/aromatic N) is 2. The molecular weight excluding hydrogens is 306 g/mol. The summed E-state index contributed by atoms with van der Waals surface area (Å²) in [6, 6.07) is 5.45. The van der Waals surface area contributed by atoms with Crippen molar-refractivity contribution in [3.63, 3.8) is 0 Å². The number of fused-ring (bicyclic) bond motifs is 1. The lowest BCUT2D eigenvalue weighted by atomic mass is 10.0. The van der Waals surface area contributed by atoms with Crippen molar-refractivity contribution in [2.24, 2.45) is 5.92 Å². The Morgan fingerprint density at radius 3 is 2.79 bits per heavy atom. The van der Waals surface area contributed by atoms with Gasteiger partial charge in [0.25, 0.3) is 5.56 Å². The molecule has 0 aliphatic rings. The summed E-state index contributed by atoms with van der Waals surface area (Å²) in [6.45, 7) is 6.24. The number of para-hydroxylation sites is 1. The number of nitrogens with one attached hydrogen (secondary N) is 1. The number of rotatable bonds is 7. The summed E-state index contributed by atoms with van der Waals surface area (Å²) in [5.41, 5.74) is 1.52. The predicted molar refractivity (Wildman–Crippen MR) is 93.8 cm³/mol. The highest BCUT2D eigenvalue weighted by Crippen LogP contribution is 2.11. The summed E-state index contributed by atoms with van der Waals surface area (Å²) >= 11 is 0. The SMILES string of the molecule is Cc1cccc2c(=O)n(CCC(=O)NC(CCO)C(C)C)cnc12. The summed E-state index contributed by atoms with van der Waals surface area (Å²) in [4.78, 5) is 28.9. The zero-order valence-electron chi connectivity index (χ0n) is 14.5. The van der Waals surface area contributed by atoms with Gasteiger partial charge in [0.2, 0.25) is 5.91 Å². The molecule has 0 radical (unpaired) electrons. The number of aromatic nitrogens is 2. The third-order valence-corrected chi connectivity index (χ3v) is 4.23. The molecule has 1 heterocycles. The highest BCUT2D eigenvalue weighted by atomic mass is 16.3. The van der Waals surface area contributed by atoms with Crippen molar-refractivity contribution in [1.29, 1.82) is 0 Å². The summed E-state index contributed by atoms with van der Waals surface area (Å²) < 4.78 is 1.47. The first-order chi connectivity index (χ1) is 11.4. The fraction of sp³-hybridized carbons (Fsp3) is 0.500. The van der Waals surface area contributed by atoms with E-state index in [2.05, 4.69) is 10.3 Å². The molecule has 0 aliphatic heterocycles. The maximum absolute atomic E-state index is 12.5. The average molecular weight is 331 g/mol. The van der Waals surface area contributed by atoms with Crippen molar-refractivity contribution in [1.82, 2.24) is 14.9 Å². The van der Waals surface area contributed by atoms with Crippen LogP contribution in [0.25, 0.3) is 10.9 Å². The molecule has 1 amide bonds. The topological polar surface area (TPSA) is 84.2 Å². The standard InChI is InChI=1S/C18H25N3O3/c1-12(2)15(8-10-22)20-16(23)7-9-21-11-19-17-13(3)5-4-6-14(17)18(21)24/h4-6,11-12,15,22H,7-10H2,1-3H3,(H,20,23). The Morgan fingerprint density at radius 1 is 1.38 bits per heavy atom. The lowest BCUT2D eigenvalue weighted by Gasteiger charge is -2.21. The molecule has 130 valence electrons. The van der Waals surface area contributed by atoms with Crippen molar-refractivity contribution in [2.75, 3.05) is 6.61 Å². The average Bonchev–Trinajstić information content (AvgIpc) is 2.54. The molecule has 0 saturated carbocycles. The normalized spacial score (nSPS) is 12.5. The number of aliphatic hydroxyl groups excluding tert-OH is 1.